The van der Waals surface area contributed by atoms with Gasteiger partial charge in [0.1, 0.15) is 18.0 Å². The van der Waals surface area contributed by atoms with Crippen molar-refractivity contribution in [2.24, 2.45) is 7.05 Å². The summed E-state index contributed by atoms with van der Waals surface area (Å²) >= 11 is 0. The molecular formula is C21H25N7O4. The fourth-order valence-electron chi connectivity index (χ4n) is 3.76. The van der Waals surface area contributed by atoms with Gasteiger partial charge in [-0.25, -0.2) is 14.5 Å². The van der Waals surface area contributed by atoms with Gasteiger partial charge in [-0.3, -0.25) is 9.48 Å². The molecule has 0 aliphatic carbocycles. The molecule has 1 N–H and O–H groups in total. The van der Waals surface area contributed by atoms with Gasteiger partial charge in [-0.05, 0) is 37.5 Å². The first-order valence-corrected chi connectivity index (χ1v) is 10.4. The summed E-state index contributed by atoms with van der Waals surface area (Å²) in [4.78, 5) is 29.4. The van der Waals surface area contributed by atoms with Crippen LogP contribution in [0.4, 0.5) is 0 Å². The summed E-state index contributed by atoms with van der Waals surface area (Å²) in [6.45, 7) is 1.68. The second kappa shape index (κ2) is 9.69. The van der Waals surface area contributed by atoms with Crippen molar-refractivity contribution in [1.29, 1.82) is 0 Å². The number of hydrogen-bond donors (Lipinski definition) is 1. The third kappa shape index (κ3) is 4.99. The molecular weight excluding hydrogens is 414 g/mol. The van der Waals surface area contributed by atoms with E-state index in [1.165, 1.54) is 12.3 Å². The SMILES string of the molecule is Cn1nccc1COCC(=O)N1CCCC(n2cc(-c3ccnc(C(=O)O)c3)nn2)CC1. The number of carboxylic acids is 1. The molecule has 1 atom stereocenters. The summed E-state index contributed by atoms with van der Waals surface area (Å²) in [7, 11) is 1.84. The van der Waals surface area contributed by atoms with Crippen molar-refractivity contribution in [2.45, 2.75) is 31.9 Å². The summed E-state index contributed by atoms with van der Waals surface area (Å²) in [5.41, 5.74) is 2.13. The molecule has 1 aliphatic heterocycles. The maximum atomic E-state index is 12.6. The highest BCUT2D eigenvalue weighted by molar-refractivity contribution is 5.86. The molecule has 3 aromatic rings. The second-order valence-electron chi connectivity index (χ2n) is 7.72. The highest BCUT2D eigenvalue weighted by atomic mass is 16.5. The Bertz CT molecular complexity index is 1090. The van der Waals surface area contributed by atoms with Crippen molar-refractivity contribution in [3.8, 4) is 11.3 Å². The van der Waals surface area contributed by atoms with E-state index in [0.717, 1.165) is 25.0 Å². The summed E-state index contributed by atoms with van der Waals surface area (Å²) in [6.07, 6.45) is 7.45. The minimum absolute atomic E-state index is 0.0231. The number of rotatable bonds is 7. The van der Waals surface area contributed by atoms with Crippen LogP contribution in [-0.4, -0.2) is 71.3 Å². The first-order valence-electron chi connectivity index (χ1n) is 10.4. The minimum atomic E-state index is -1.09. The summed E-state index contributed by atoms with van der Waals surface area (Å²) in [6, 6.07) is 5.17. The van der Waals surface area contributed by atoms with Gasteiger partial charge in [0.25, 0.3) is 0 Å². The van der Waals surface area contributed by atoms with Crippen molar-refractivity contribution >= 4 is 11.9 Å². The van der Waals surface area contributed by atoms with Crippen LogP contribution in [0.2, 0.25) is 0 Å². The van der Waals surface area contributed by atoms with Crippen LogP contribution in [0.3, 0.4) is 0 Å². The molecule has 4 heterocycles. The summed E-state index contributed by atoms with van der Waals surface area (Å²) in [5, 5.41) is 21.7. The molecule has 11 heteroatoms. The lowest BCUT2D eigenvalue weighted by atomic mass is 10.1. The Morgan fingerprint density at radius 2 is 2.09 bits per heavy atom. The molecule has 0 saturated carbocycles. The molecule has 11 nitrogen and oxygen atoms in total. The van der Waals surface area contributed by atoms with Crippen LogP contribution in [-0.2, 0) is 23.2 Å². The number of carbonyl (C=O) groups is 2. The van der Waals surface area contributed by atoms with Gasteiger partial charge in [0.15, 0.2) is 0 Å². The molecule has 0 spiro atoms. The van der Waals surface area contributed by atoms with E-state index in [2.05, 4.69) is 20.4 Å². The first-order chi connectivity index (χ1) is 15.5. The number of pyridine rings is 1. The minimum Gasteiger partial charge on any atom is -0.477 e. The van der Waals surface area contributed by atoms with Crippen LogP contribution >= 0.6 is 0 Å². The van der Waals surface area contributed by atoms with E-state index in [1.807, 2.05) is 28.9 Å². The zero-order valence-corrected chi connectivity index (χ0v) is 17.8. The number of aromatic nitrogens is 6. The molecule has 1 aliphatic rings. The number of aromatic carboxylic acids is 1. The Balaban J connectivity index is 1.32. The second-order valence-corrected chi connectivity index (χ2v) is 7.72. The highest BCUT2D eigenvalue weighted by Gasteiger charge is 2.23. The number of amides is 1. The van der Waals surface area contributed by atoms with Crippen molar-refractivity contribution < 1.29 is 19.4 Å². The van der Waals surface area contributed by atoms with Crippen LogP contribution in [0.1, 0.15) is 41.5 Å². The highest BCUT2D eigenvalue weighted by Crippen LogP contribution is 2.24. The molecule has 168 valence electrons. The van der Waals surface area contributed by atoms with Gasteiger partial charge in [0.2, 0.25) is 5.91 Å². The molecule has 0 radical (unpaired) electrons. The van der Waals surface area contributed by atoms with Crippen LogP contribution in [0.5, 0.6) is 0 Å². The molecule has 0 bridgehead atoms. The maximum absolute atomic E-state index is 12.6. The summed E-state index contributed by atoms with van der Waals surface area (Å²) < 4.78 is 9.11. The van der Waals surface area contributed by atoms with Gasteiger partial charge < -0.3 is 14.7 Å². The van der Waals surface area contributed by atoms with Crippen LogP contribution in [0.15, 0.2) is 36.8 Å². The first kappa shape index (κ1) is 21.6. The Kier molecular flexibility index (Phi) is 6.55. The van der Waals surface area contributed by atoms with E-state index in [9.17, 15) is 9.59 Å². The Hall–Kier alpha value is -3.60. The van der Waals surface area contributed by atoms with Crippen molar-refractivity contribution in [3.63, 3.8) is 0 Å². The predicted molar refractivity (Wildman–Crippen MR) is 113 cm³/mol. The standard InChI is InChI=1S/C21H25N7O4/c1-26-17(5-8-23-26)13-32-14-20(29)27-9-2-3-16(6-10-27)28-12-19(24-25-28)15-4-7-22-18(11-15)21(30)31/h4-5,7-8,11-12,16H,2-3,6,9-10,13-14H2,1H3,(H,30,31). The number of carbonyl (C=O) groups excluding carboxylic acids is 1. The van der Waals surface area contributed by atoms with Crippen molar-refractivity contribution in [3.05, 3.63) is 48.2 Å². The number of hydrogen-bond acceptors (Lipinski definition) is 7. The predicted octanol–water partition coefficient (Wildman–Crippen LogP) is 1.54. The Morgan fingerprint density at radius 1 is 1.22 bits per heavy atom. The number of aryl methyl sites for hydroxylation is 1. The Labute approximate surface area is 184 Å². The third-order valence-electron chi connectivity index (χ3n) is 5.61. The average Bonchev–Trinajstić information content (AvgIpc) is 3.37. The molecule has 1 saturated heterocycles. The monoisotopic (exact) mass is 439 g/mol. The number of carboxylic acid groups (broad SMARTS) is 1. The fourth-order valence-corrected chi connectivity index (χ4v) is 3.76. The van der Waals surface area contributed by atoms with Gasteiger partial charge in [-0.2, -0.15) is 5.10 Å². The van der Waals surface area contributed by atoms with E-state index in [4.69, 9.17) is 9.84 Å². The van der Waals surface area contributed by atoms with E-state index in [-0.39, 0.29) is 24.2 Å². The molecule has 1 amide bonds. The van der Waals surface area contributed by atoms with Gasteiger partial charge in [0.05, 0.1) is 24.5 Å². The molecule has 1 unspecified atom stereocenters. The van der Waals surface area contributed by atoms with E-state index >= 15 is 0 Å². The van der Waals surface area contributed by atoms with Crippen LogP contribution in [0, 0.1) is 0 Å². The smallest absolute Gasteiger partial charge is 0.354 e. The lowest BCUT2D eigenvalue weighted by Gasteiger charge is -2.20. The zero-order chi connectivity index (χ0) is 22.5. The van der Waals surface area contributed by atoms with E-state index in [0.29, 0.717) is 31.0 Å². The number of ether oxygens (including phenoxy) is 1. The van der Waals surface area contributed by atoms with Crippen LogP contribution < -0.4 is 0 Å². The number of nitrogens with zero attached hydrogens (tertiary/aromatic N) is 7. The molecule has 32 heavy (non-hydrogen) atoms. The largest absolute Gasteiger partial charge is 0.477 e. The normalized spacial score (nSPS) is 16.7. The molecule has 1 fully saturated rings. The van der Waals surface area contributed by atoms with Crippen molar-refractivity contribution in [2.75, 3.05) is 19.7 Å². The Morgan fingerprint density at radius 3 is 2.88 bits per heavy atom. The fraction of sp³-hybridized carbons (Fsp3) is 0.429. The van der Waals surface area contributed by atoms with Gasteiger partial charge in [-0.1, -0.05) is 5.21 Å². The van der Waals surface area contributed by atoms with Crippen molar-refractivity contribution in [1.82, 2.24) is 34.7 Å². The van der Waals surface area contributed by atoms with E-state index < -0.39 is 5.97 Å². The number of likely N-dealkylation sites (tertiary alicyclic amines) is 1. The topological polar surface area (TPSA) is 128 Å². The van der Waals surface area contributed by atoms with Gasteiger partial charge in [0, 0.05) is 38.1 Å². The lowest BCUT2D eigenvalue weighted by Crippen LogP contribution is -2.35. The van der Waals surface area contributed by atoms with Gasteiger partial charge >= 0.3 is 5.97 Å². The summed E-state index contributed by atoms with van der Waals surface area (Å²) in [5.74, 6) is -1.11. The lowest BCUT2D eigenvalue weighted by molar-refractivity contribution is -0.136. The molecule has 0 aromatic carbocycles. The van der Waals surface area contributed by atoms with Crippen LogP contribution in [0.25, 0.3) is 11.3 Å². The van der Waals surface area contributed by atoms with Gasteiger partial charge in [-0.15, -0.1) is 5.10 Å². The maximum Gasteiger partial charge on any atom is 0.354 e. The quantitative estimate of drug-likeness (QED) is 0.587. The average molecular weight is 439 g/mol. The molecule has 3 aromatic heterocycles. The molecule has 4 rings (SSSR count). The zero-order valence-electron chi connectivity index (χ0n) is 17.8. The third-order valence-corrected chi connectivity index (χ3v) is 5.61. The van der Waals surface area contributed by atoms with E-state index in [1.54, 1.807) is 16.9 Å².